The molecule has 7 heteroatoms. The number of hydrogen-bond acceptors (Lipinski definition) is 5. The quantitative estimate of drug-likeness (QED) is 0.476. The third-order valence-corrected chi connectivity index (χ3v) is 4.81. The molecule has 0 spiro atoms. The van der Waals surface area contributed by atoms with E-state index in [1.807, 2.05) is 26.0 Å². The Morgan fingerprint density at radius 3 is 2.40 bits per heavy atom. The molecule has 1 heterocycles. The average molecular weight is 408 g/mol. The van der Waals surface area contributed by atoms with Crippen LogP contribution in [0.4, 0.5) is 0 Å². The highest BCUT2D eigenvalue weighted by molar-refractivity contribution is 5.73. The lowest BCUT2D eigenvalue weighted by Gasteiger charge is -2.16. The molecule has 0 saturated carbocycles. The fraction of sp³-hybridized carbons (Fsp3) is 0.217. The Labute approximate surface area is 173 Å². The summed E-state index contributed by atoms with van der Waals surface area (Å²) in [6.45, 7) is 3.78. The Hall–Kier alpha value is -3.58. The molecule has 3 rings (SSSR count). The minimum atomic E-state index is -1.04. The first-order valence-electron chi connectivity index (χ1n) is 9.49. The van der Waals surface area contributed by atoms with Gasteiger partial charge in [-0.05, 0) is 60.7 Å². The summed E-state index contributed by atoms with van der Waals surface area (Å²) < 4.78 is 6.08. The molecule has 0 saturated heterocycles. The van der Waals surface area contributed by atoms with Crippen LogP contribution in [0.2, 0.25) is 0 Å². The van der Waals surface area contributed by atoms with Gasteiger partial charge in [0.1, 0.15) is 23.3 Å². The third kappa shape index (κ3) is 5.07. The molecule has 5 N–H and O–H groups in total. The van der Waals surface area contributed by atoms with Crippen molar-refractivity contribution in [3.05, 3.63) is 86.8 Å². The molecule has 0 unspecified atom stereocenters. The zero-order valence-electron chi connectivity index (χ0n) is 16.8. The molecule has 0 bridgehead atoms. The molecule has 0 radical (unpaired) electrons. The maximum absolute atomic E-state index is 11.2. The van der Waals surface area contributed by atoms with Crippen LogP contribution < -0.4 is 16.0 Å². The maximum atomic E-state index is 11.2. The SMILES string of the molecule is Cc1cc(C[C@H](N)C(=O)O)cc(C)c1Oc1ccc(O)c(Cc2ccc(=O)[nH]c2)c1. The second-order valence-corrected chi connectivity index (χ2v) is 7.34. The summed E-state index contributed by atoms with van der Waals surface area (Å²) in [5.74, 6) is 0.335. The zero-order chi connectivity index (χ0) is 21.8. The monoisotopic (exact) mass is 408 g/mol. The van der Waals surface area contributed by atoms with E-state index in [-0.39, 0.29) is 17.7 Å². The van der Waals surface area contributed by atoms with E-state index < -0.39 is 12.0 Å². The number of nitrogens with one attached hydrogen (secondary N) is 1. The lowest BCUT2D eigenvalue weighted by atomic mass is 10.0. The number of carboxylic acids is 1. The van der Waals surface area contributed by atoms with E-state index in [0.29, 0.717) is 23.5 Å². The molecule has 1 aromatic heterocycles. The Morgan fingerprint density at radius 2 is 1.80 bits per heavy atom. The molecule has 0 aliphatic heterocycles. The Morgan fingerprint density at radius 1 is 1.10 bits per heavy atom. The van der Waals surface area contributed by atoms with Crippen LogP contribution in [0.1, 0.15) is 27.8 Å². The molecule has 30 heavy (non-hydrogen) atoms. The van der Waals surface area contributed by atoms with E-state index in [2.05, 4.69) is 4.98 Å². The van der Waals surface area contributed by atoms with E-state index >= 15 is 0 Å². The minimum absolute atomic E-state index is 0.139. The first-order valence-corrected chi connectivity index (χ1v) is 9.49. The lowest BCUT2D eigenvalue weighted by molar-refractivity contribution is -0.138. The van der Waals surface area contributed by atoms with Gasteiger partial charge in [0, 0.05) is 24.2 Å². The number of aromatic amines is 1. The van der Waals surface area contributed by atoms with Gasteiger partial charge in [0.25, 0.3) is 0 Å². The zero-order valence-corrected chi connectivity index (χ0v) is 16.8. The molecule has 0 amide bonds. The van der Waals surface area contributed by atoms with Crippen LogP contribution in [-0.4, -0.2) is 27.2 Å². The molecule has 156 valence electrons. The van der Waals surface area contributed by atoms with E-state index in [9.17, 15) is 14.7 Å². The predicted octanol–water partition coefficient (Wildman–Crippen LogP) is 3.03. The molecule has 3 aromatic rings. The first-order chi connectivity index (χ1) is 14.2. The van der Waals surface area contributed by atoms with E-state index in [0.717, 1.165) is 22.3 Å². The third-order valence-electron chi connectivity index (χ3n) is 4.81. The van der Waals surface area contributed by atoms with Crippen molar-refractivity contribution in [2.75, 3.05) is 0 Å². The molecule has 0 aliphatic carbocycles. The molecular formula is C23H24N2O5. The van der Waals surface area contributed by atoms with Gasteiger partial charge in [-0.1, -0.05) is 18.2 Å². The lowest BCUT2D eigenvalue weighted by Crippen LogP contribution is -2.32. The number of ether oxygens (including phenoxy) is 1. The van der Waals surface area contributed by atoms with Crippen LogP contribution >= 0.6 is 0 Å². The Bertz CT molecular complexity index is 1090. The highest BCUT2D eigenvalue weighted by Gasteiger charge is 2.15. The molecule has 1 atom stereocenters. The van der Waals surface area contributed by atoms with Crippen molar-refractivity contribution in [2.24, 2.45) is 5.73 Å². The fourth-order valence-corrected chi connectivity index (χ4v) is 3.32. The minimum Gasteiger partial charge on any atom is -0.508 e. The van der Waals surface area contributed by atoms with Crippen LogP contribution in [0.25, 0.3) is 0 Å². The fourth-order valence-electron chi connectivity index (χ4n) is 3.32. The highest BCUT2D eigenvalue weighted by atomic mass is 16.5. The van der Waals surface area contributed by atoms with Gasteiger partial charge in [-0.15, -0.1) is 0 Å². The number of carboxylic acid groups (broad SMARTS) is 1. The molecule has 2 aromatic carbocycles. The van der Waals surface area contributed by atoms with Gasteiger partial charge >= 0.3 is 5.97 Å². The van der Waals surface area contributed by atoms with Crippen molar-refractivity contribution < 1.29 is 19.7 Å². The smallest absolute Gasteiger partial charge is 0.320 e. The summed E-state index contributed by atoms with van der Waals surface area (Å²) in [5.41, 5.74) is 9.53. The van der Waals surface area contributed by atoms with Gasteiger partial charge < -0.3 is 25.7 Å². The van der Waals surface area contributed by atoms with Crippen molar-refractivity contribution in [1.29, 1.82) is 0 Å². The predicted molar refractivity (Wildman–Crippen MR) is 113 cm³/mol. The van der Waals surface area contributed by atoms with E-state index in [1.54, 1.807) is 30.5 Å². The number of aryl methyl sites for hydroxylation is 2. The summed E-state index contributed by atoms with van der Waals surface area (Å²) in [5, 5.41) is 19.2. The largest absolute Gasteiger partial charge is 0.508 e. The summed E-state index contributed by atoms with van der Waals surface area (Å²) in [7, 11) is 0. The summed E-state index contributed by atoms with van der Waals surface area (Å²) >= 11 is 0. The van der Waals surface area contributed by atoms with Gasteiger partial charge in [-0.2, -0.15) is 0 Å². The standard InChI is InChI=1S/C23H24N2O5/c1-13-7-16(10-19(24)23(28)29)8-14(2)22(13)30-18-4-5-20(26)17(11-18)9-15-3-6-21(27)25-12-15/h3-8,11-12,19,26H,9-10,24H2,1-2H3,(H,25,27)(H,28,29)/t19-/m0/s1. The number of aromatic hydroxyl groups is 1. The van der Waals surface area contributed by atoms with Crippen LogP contribution in [0, 0.1) is 13.8 Å². The number of benzene rings is 2. The van der Waals surface area contributed by atoms with Gasteiger partial charge in [-0.25, -0.2) is 0 Å². The molecule has 0 fully saturated rings. The molecule has 7 nitrogen and oxygen atoms in total. The van der Waals surface area contributed by atoms with Gasteiger partial charge in [0.05, 0.1) is 0 Å². The van der Waals surface area contributed by atoms with Crippen LogP contribution in [-0.2, 0) is 17.6 Å². The maximum Gasteiger partial charge on any atom is 0.320 e. The second kappa shape index (κ2) is 8.84. The number of rotatable bonds is 7. The average Bonchev–Trinajstić information content (AvgIpc) is 2.68. The summed E-state index contributed by atoms with van der Waals surface area (Å²) in [4.78, 5) is 24.8. The van der Waals surface area contributed by atoms with Crippen molar-refractivity contribution in [1.82, 2.24) is 4.98 Å². The number of carbonyl (C=O) groups is 1. The molecular weight excluding hydrogens is 384 g/mol. The number of nitrogens with two attached hydrogens (primary N) is 1. The number of aromatic nitrogens is 1. The van der Waals surface area contributed by atoms with Gasteiger partial charge in [0.2, 0.25) is 5.56 Å². The number of hydrogen-bond donors (Lipinski definition) is 4. The Balaban J connectivity index is 1.83. The van der Waals surface area contributed by atoms with E-state index in [4.69, 9.17) is 15.6 Å². The van der Waals surface area contributed by atoms with Crippen molar-refractivity contribution >= 4 is 5.97 Å². The van der Waals surface area contributed by atoms with Crippen LogP contribution in [0.3, 0.4) is 0 Å². The van der Waals surface area contributed by atoms with E-state index in [1.165, 1.54) is 6.07 Å². The van der Waals surface area contributed by atoms with Crippen molar-refractivity contribution in [2.45, 2.75) is 32.7 Å². The summed E-state index contributed by atoms with van der Waals surface area (Å²) in [6.07, 6.45) is 2.29. The number of phenolic OH excluding ortho intramolecular Hbond substituents is 1. The van der Waals surface area contributed by atoms with Crippen molar-refractivity contribution in [3.8, 4) is 17.2 Å². The first kappa shape index (κ1) is 21.1. The number of pyridine rings is 1. The van der Waals surface area contributed by atoms with Crippen LogP contribution in [0.5, 0.6) is 17.2 Å². The van der Waals surface area contributed by atoms with Gasteiger partial charge in [0.15, 0.2) is 0 Å². The normalized spacial score (nSPS) is 11.8. The van der Waals surface area contributed by atoms with Crippen molar-refractivity contribution in [3.63, 3.8) is 0 Å². The number of H-pyrrole nitrogens is 1. The summed E-state index contributed by atoms with van der Waals surface area (Å²) in [6, 6.07) is 10.9. The second-order valence-electron chi connectivity index (χ2n) is 7.34. The van der Waals surface area contributed by atoms with Gasteiger partial charge in [-0.3, -0.25) is 9.59 Å². The van der Waals surface area contributed by atoms with Crippen LogP contribution in [0.15, 0.2) is 53.5 Å². The Kier molecular flexibility index (Phi) is 6.23. The topological polar surface area (TPSA) is 126 Å². The highest BCUT2D eigenvalue weighted by Crippen LogP contribution is 2.33. The number of phenols is 1. The number of aliphatic carboxylic acids is 1. The molecule has 0 aliphatic rings.